The number of hydrogen-bond donors (Lipinski definition) is 0. The third kappa shape index (κ3) is 2.86. The second kappa shape index (κ2) is 4.04. The molecular formula is C6H4F2N2O2S. The molecule has 1 aromatic heterocycles. The molecule has 0 radical (unpaired) electrons. The second-order valence-corrected chi connectivity index (χ2v) is 2.94. The van der Waals surface area contributed by atoms with Gasteiger partial charge in [0.15, 0.2) is 0 Å². The molecule has 0 aromatic carbocycles. The maximum atomic E-state index is 12.7. The minimum Gasteiger partial charge on any atom is -0.210 e. The standard InChI is InChI=1S/C6H4F2N2O2S/c7-5-4(1-2-13(11)12)3-9-6(8)10-5/h2-3H,1H2. The largest absolute Gasteiger partial charge is 0.311 e. The van der Waals surface area contributed by atoms with Crippen LogP contribution < -0.4 is 0 Å². The molecule has 0 aliphatic rings. The van der Waals surface area contributed by atoms with Crippen molar-refractivity contribution in [3.8, 4) is 0 Å². The molecule has 0 fully saturated rings. The smallest absolute Gasteiger partial charge is 0.210 e. The van der Waals surface area contributed by atoms with Crippen LogP contribution in [0.1, 0.15) is 5.56 Å². The van der Waals surface area contributed by atoms with Crippen molar-refractivity contribution in [1.29, 1.82) is 0 Å². The molecule has 0 spiro atoms. The van der Waals surface area contributed by atoms with Crippen molar-refractivity contribution in [2.45, 2.75) is 6.42 Å². The lowest BCUT2D eigenvalue weighted by atomic mass is 10.3. The van der Waals surface area contributed by atoms with E-state index in [1.807, 2.05) is 0 Å². The molecule has 0 N–H and O–H groups in total. The lowest BCUT2D eigenvalue weighted by Gasteiger charge is -1.94. The topological polar surface area (TPSA) is 59.9 Å². The van der Waals surface area contributed by atoms with Crippen LogP contribution in [0.25, 0.3) is 0 Å². The van der Waals surface area contributed by atoms with Gasteiger partial charge >= 0.3 is 6.08 Å². The van der Waals surface area contributed by atoms with E-state index >= 15 is 0 Å². The number of aromatic nitrogens is 2. The highest BCUT2D eigenvalue weighted by Crippen LogP contribution is 2.02. The fourth-order valence-corrected chi connectivity index (χ4v) is 0.977. The van der Waals surface area contributed by atoms with Gasteiger partial charge in [-0.3, -0.25) is 0 Å². The first-order valence-corrected chi connectivity index (χ1v) is 4.31. The summed E-state index contributed by atoms with van der Waals surface area (Å²) in [6, 6.07) is 0. The zero-order valence-corrected chi connectivity index (χ0v) is 7.05. The quantitative estimate of drug-likeness (QED) is 0.387. The fourth-order valence-electron chi connectivity index (χ4n) is 0.661. The van der Waals surface area contributed by atoms with E-state index in [0.29, 0.717) is 0 Å². The van der Waals surface area contributed by atoms with E-state index in [9.17, 15) is 17.2 Å². The summed E-state index contributed by atoms with van der Waals surface area (Å²) in [5.41, 5.74) is -0.0643. The van der Waals surface area contributed by atoms with Crippen LogP contribution in [0.4, 0.5) is 8.78 Å². The first-order valence-electron chi connectivity index (χ1n) is 3.18. The van der Waals surface area contributed by atoms with Crippen LogP contribution in [0.3, 0.4) is 0 Å². The monoisotopic (exact) mass is 206 g/mol. The van der Waals surface area contributed by atoms with Crippen molar-refractivity contribution >= 4 is 15.7 Å². The van der Waals surface area contributed by atoms with Gasteiger partial charge in [-0.1, -0.05) is 0 Å². The average molecular weight is 206 g/mol. The van der Waals surface area contributed by atoms with E-state index in [1.165, 1.54) is 0 Å². The molecule has 0 aliphatic carbocycles. The van der Waals surface area contributed by atoms with E-state index in [2.05, 4.69) is 9.97 Å². The maximum Gasteiger partial charge on any atom is 0.311 e. The van der Waals surface area contributed by atoms with Crippen molar-refractivity contribution < 1.29 is 17.2 Å². The Morgan fingerprint density at radius 2 is 2.15 bits per heavy atom. The summed E-state index contributed by atoms with van der Waals surface area (Å²) in [6.45, 7) is 0. The minimum atomic E-state index is -2.37. The Balaban J connectivity index is 2.96. The molecular weight excluding hydrogens is 202 g/mol. The number of halogens is 2. The lowest BCUT2D eigenvalue weighted by molar-refractivity contribution is 0.476. The zero-order chi connectivity index (χ0) is 9.84. The van der Waals surface area contributed by atoms with Crippen LogP contribution in [0.15, 0.2) is 6.20 Å². The molecule has 0 aliphatic heterocycles. The molecule has 4 nitrogen and oxygen atoms in total. The van der Waals surface area contributed by atoms with Gasteiger partial charge in [-0.2, -0.15) is 22.2 Å². The normalized spacial score (nSPS) is 9.69. The van der Waals surface area contributed by atoms with Gasteiger partial charge in [-0.15, -0.1) is 0 Å². The van der Waals surface area contributed by atoms with Gasteiger partial charge in [-0.05, 0) is 0 Å². The van der Waals surface area contributed by atoms with E-state index in [4.69, 9.17) is 0 Å². The Labute approximate surface area is 73.8 Å². The van der Waals surface area contributed by atoms with Gasteiger partial charge in [0.05, 0.1) is 0 Å². The summed E-state index contributed by atoms with van der Waals surface area (Å²) in [5.74, 6) is -1.05. The Morgan fingerprint density at radius 3 is 2.69 bits per heavy atom. The van der Waals surface area contributed by atoms with E-state index in [-0.39, 0.29) is 12.0 Å². The minimum absolute atomic E-state index is 0.0643. The summed E-state index contributed by atoms with van der Waals surface area (Å²) in [7, 11) is -2.37. The molecule has 1 heterocycles. The third-order valence-corrected chi connectivity index (χ3v) is 1.66. The highest BCUT2D eigenvalue weighted by molar-refractivity contribution is 7.71. The van der Waals surface area contributed by atoms with Crippen LogP contribution in [0.2, 0.25) is 0 Å². The van der Waals surface area contributed by atoms with Crippen LogP contribution in [-0.2, 0) is 16.7 Å². The van der Waals surface area contributed by atoms with Gasteiger partial charge in [0.1, 0.15) is 0 Å². The highest BCUT2D eigenvalue weighted by atomic mass is 32.2. The van der Waals surface area contributed by atoms with Crippen molar-refractivity contribution in [1.82, 2.24) is 9.97 Å². The second-order valence-electron chi connectivity index (χ2n) is 2.09. The third-order valence-electron chi connectivity index (χ3n) is 1.22. The van der Waals surface area contributed by atoms with Crippen molar-refractivity contribution in [3.05, 3.63) is 23.8 Å². The van der Waals surface area contributed by atoms with E-state index < -0.39 is 22.3 Å². The lowest BCUT2D eigenvalue weighted by Crippen LogP contribution is -2.00. The van der Waals surface area contributed by atoms with Gasteiger partial charge in [0.25, 0.3) is 0 Å². The molecule has 70 valence electrons. The van der Waals surface area contributed by atoms with Gasteiger partial charge in [0.2, 0.25) is 16.2 Å². The summed E-state index contributed by atoms with van der Waals surface area (Å²) in [4.78, 5) is 5.87. The SMILES string of the molecule is O=S(=O)=CCc1cnc(F)nc1F. The summed E-state index contributed by atoms with van der Waals surface area (Å²) in [5, 5.41) is 0.833. The molecule has 7 heteroatoms. The summed E-state index contributed by atoms with van der Waals surface area (Å²) in [6.07, 6.45) is -0.451. The van der Waals surface area contributed by atoms with Gasteiger partial charge in [-0.25, -0.2) is 4.98 Å². The fraction of sp³-hybridized carbons (Fsp3) is 0.167. The van der Waals surface area contributed by atoms with Crippen LogP contribution in [0.5, 0.6) is 0 Å². The molecule has 0 unspecified atom stereocenters. The van der Waals surface area contributed by atoms with Crippen molar-refractivity contribution in [3.63, 3.8) is 0 Å². The Morgan fingerprint density at radius 1 is 1.46 bits per heavy atom. The van der Waals surface area contributed by atoms with E-state index in [0.717, 1.165) is 11.6 Å². The Hall–Kier alpha value is -1.37. The molecule has 0 atom stereocenters. The number of hydrogen-bond acceptors (Lipinski definition) is 4. The van der Waals surface area contributed by atoms with Crippen molar-refractivity contribution in [2.24, 2.45) is 0 Å². The molecule has 1 rings (SSSR count). The molecule has 0 saturated heterocycles. The maximum absolute atomic E-state index is 12.7. The number of rotatable bonds is 2. The summed E-state index contributed by atoms with van der Waals surface area (Å²) < 4.78 is 45.0. The molecule has 0 bridgehead atoms. The Bertz CT molecular complexity index is 436. The average Bonchev–Trinajstić information content (AvgIpc) is 2.02. The highest BCUT2D eigenvalue weighted by Gasteiger charge is 2.04. The molecule has 1 aromatic rings. The number of nitrogens with zero attached hydrogens (tertiary/aromatic N) is 2. The van der Waals surface area contributed by atoms with Crippen LogP contribution in [0, 0.1) is 12.0 Å². The predicted molar refractivity (Wildman–Crippen MR) is 40.6 cm³/mol. The van der Waals surface area contributed by atoms with Gasteiger partial charge in [0, 0.05) is 23.5 Å². The first-order chi connectivity index (χ1) is 6.09. The van der Waals surface area contributed by atoms with Crippen LogP contribution >= 0.6 is 0 Å². The summed E-state index contributed by atoms with van der Waals surface area (Å²) >= 11 is 0. The molecule has 0 saturated carbocycles. The molecule has 0 amide bonds. The predicted octanol–water partition coefficient (Wildman–Crippen LogP) is -0.0214. The first kappa shape index (κ1) is 9.72. The van der Waals surface area contributed by atoms with Gasteiger partial charge < -0.3 is 0 Å². The van der Waals surface area contributed by atoms with Crippen LogP contribution in [-0.4, -0.2) is 23.8 Å². The van der Waals surface area contributed by atoms with E-state index in [1.54, 1.807) is 0 Å². The zero-order valence-electron chi connectivity index (χ0n) is 6.24. The van der Waals surface area contributed by atoms with Crippen molar-refractivity contribution in [2.75, 3.05) is 0 Å². The Kier molecular flexibility index (Phi) is 3.02. The molecule has 13 heavy (non-hydrogen) atoms.